The van der Waals surface area contributed by atoms with E-state index in [1.807, 2.05) is 0 Å². The molecule has 0 bridgehead atoms. The Morgan fingerprint density at radius 2 is 1.79 bits per heavy atom. The Kier molecular flexibility index (Phi) is 8.62. The Balaban J connectivity index is 0.00000240. The summed E-state index contributed by atoms with van der Waals surface area (Å²) in [6.45, 7) is 10.9. The van der Waals surface area contributed by atoms with Gasteiger partial charge in [-0.1, -0.05) is 37.1 Å². The summed E-state index contributed by atoms with van der Waals surface area (Å²) < 4.78 is 5.49. The lowest BCUT2D eigenvalue weighted by molar-refractivity contribution is 0.0341. The monoisotopic (exact) mass is 512 g/mol. The molecule has 29 heavy (non-hydrogen) atoms. The van der Waals surface area contributed by atoms with Gasteiger partial charge in [-0.25, -0.2) is 4.99 Å². The van der Waals surface area contributed by atoms with E-state index in [0.717, 1.165) is 58.4 Å². The van der Waals surface area contributed by atoms with Crippen molar-refractivity contribution < 1.29 is 4.74 Å². The van der Waals surface area contributed by atoms with Crippen molar-refractivity contribution in [3.63, 3.8) is 0 Å². The molecule has 0 unspecified atom stereocenters. The summed E-state index contributed by atoms with van der Waals surface area (Å²) in [5.74, 6) is 1.10. The van der Waals surface area contributed by atoms with Crippen LogP contribution >= 0.6 is 24.0 Å². The van der Waals surface area contributed by atoms with Crippen molar-refractivity contribution in [3.05, 3.63) is 35.4 Å². The summed E-state index contributed by atoms with van der Waals surface area (Å²) in [6.07, 6.45) is 6.98. The number of morpholine rings is 1. The van der Waals surface area contributed by atoms with Gasteiger partial charge >= 0.3 is 0 Å². The molecule has 1 spiro atoms. The molecule has 162 valence electrons. The van der Waals surface area contributed by atoms with Gasteiger partial charge in [0.15, 0.2) is 5.96 Å². The van der Waals surface area contributed by atoms with Crippen LogP contribution in [0.2, 0.25) is 0 Å². The van der Waals surface area contributed by atoms with E-state index in [0.29, 0.717) is 5.41 Å². The number of benzene rings is 1. The maximum Gasteiger partial charge on any atom is 0.194 e. The van der Waals surface area contributed by atoms with Crippen LogP contribution in [0, 0.1) is 5.41 Å². The quantitative estimate of drug-likeness (QED) is 0.370. The average Bonchev–Trinajstić information content (AvgIpc) is 3.37. The zero-order chi connectivity index (χ0) is 19.2. The van der Waals surface area contributed by atoms with Crippen LogP contribution < -0.4 is 5.32 Å². The number of nitrogens with one attached hydrogen (secondary N) is 1. The number of hydrogen-bond donors (Lipinski definition) is 1. The van der Waals surface area contributed by atoms with Gasteiger partial charge in [0.25, 0.3) is 0 Å². The van der Waals surface area contributed by atoms with Crippen LogP contribution in [0.15, 0.2) is 29.3 Å². The number of halogens is 1. The van der Waals surface area contributed by atoms with Gasteiger partial charge in [0, 0.05) is 39.3 Å². The molecule has 0 radical (unpaired) electrons. The zero-order valence-corrected chi connectivity index (χ0v) is 20.2. The molecule has 5 nitrogen and oxygen atoms in total. The highest BCUT2D eigenvalue weighted by atomic mass is 127. The summed E-state index contributed by atoms with van der Waals surface area (Å²) in [5.41, 5.74) is 3.32. The highest BCUT2D eigenvalue weighted by Crippen LogP contribution is 2.45. The van der Waals surface area contributed by atoms with Gasteiger partial charge in [0.05, 0.1) is 19.8 Å². The molecular weight excluding hydrogens is 475 g/mol. The normalized spacial score (nSPS) is 22.1. The van der Waals surface area contributed by atoms with Gasteiger partial charge < -0.3 is 15.0 Å². The molecule has 3 fully saturated rings. The second kappa shape index (κ2) is 11.0. The molecule has 0 amide bonds. The van der Waals surface area contributed by atoms with Crippen molar-refractivity contribution in [1.29, 1.82) is 0 Å². The highest BCUT2D eigenvalue weighted by Gasteiger charge is 2.41. The first-order chi connectivity index (χ1) is 13.8. The van der Waals surface area contributed by atoms with Crippen LogP contribution in [-0.4, -0.2) is 61.7 Å². The van der Waals surface area contributed by atoms with Crippen molar-refractivity contribution in [3.8, 4) is 0 Å². The number of likely N-dealkylation sites (tertiary alicyclic amines) is 1. The van der Waals surface area contributed by atoms with E-state index in [1.165, 1.54) is 49.8 Å². The topological polar surface area (TPSA) is 40.1 Å². The second-order valence-electron chi connectivity index (χ2n) is 8.71. The van der Waals surface area contributed by atoms with Crippen molar-refractivity contribution in [2.24, 2.45) is 10.4 Å². The zero-order valence-electron chi connectivity index (χ0n) is 17.9. The van der Waals surface area contributed by atoms with Crippen molar-refractivity contribution >= 4 is 29.9 Å². The molecule has 1 aromatic rings. The third kappa shape index (κ3) is 5.85. The summed E-state index contributed by atoms with van der Waals surface area (Å²) in [4.78, 5) is 10.1. The lowest BCUT2D eigenvalue weighted by Gasteiger charge is -2.27. The molecule has 2 aliphatic heterocycles. The molecule has 1 aromatic carbocycles. The molecule has 6 heteroatoms. The van der Waals surface area contributed by atoms with Crippen LogP contribution in [-0.2, 0) is 17.8 Å². The number of hydrogen-bond acceptors (Lipinski definition) is 3. The molecule has 0 aromatic heterocycles. The summed E-state index contributed by atoms with van der Waals surface area (Å²) in [7, 11) is 0. The Morgan fingerprint density at radius 3 is 2.52 bits per heavy atom. The van der Waals surface area contributed by atoms with E-state index in [-0.39, 0.29) is 24.0 Å². The Morgan fingerprint density at radius 1 is 1.07 bits per heavy atom. The van der Waals surface area contributed by atoms with Crippen LogP contribution in [0.5, 0.6) is 0 Å². The SMILES string of the molecule is CCNC(=NCc1ccccc1CN1CCOCC1)N1CCC2(CCCC2)C1.I. The Labute approximate surface area is 193 Å². The molecule has 1 saturated carbocycles. The smallest absolute Gasteiger partial charge is 0.194 e. The van der Waals surface area contributed by atoms with E-state index in [2.05, 4.69) is 46.3 Å². The first-order valence-electron chi connectivity index (χ1n) is 11.2. The summed E-state index contributed by atoms with van der Waals surface area (Å²) in [6, 6.07) is 8.80. The van der Waals surface area contributed by atoms with Crippen molar-refractivity contribution in [1.82, 2.24) is 15.1 Å². The minimum absolute atomic E-state index is 0. The molecule has 3 aliphatic rings. The van der Waals surface area contributed by atoms with E-state index >= 15 is 0 Å². The fraction of sp³-hybridized carbons (Fsp3) is 0.696. The molecule has 4 rings (SSSR count). The minimum atomic E-state index is 0. The Bertz CT molecular complexity index is 669. The molecule has 1 aliphatic carbocycles. The lowest BCUT2D eigenvalue weighted by atomic mass is 9.86. The number of rotatable bonds is 5. The van der Waals surface area contributed by atoms with Gasteiger partial charge in [-0.2, -0.15) is 0 Å². The molecule has 2 heterocycles. The molecular formula is C23H37IN4O. The van der Waals surface area contributed by atoms with Gasteiger partial charge in [-0.15, -0.1) is 24.0 Å². The maximum absolute atomic E-state index is 5.49. The minimum Gasteiger partial charge on any atom is -0.379 e. The molecule has 0 atom stereocenters. The van der Waals surface area contributed by atoms with Gasteiger partial charge in [0.2, 0.25) is 0 Å². The van der Waals surface area contributed by atoms with Crippen LogP contribution in [0.25, 0.3) is 0 Å². The van der Waals surface area contributed by atoms with Gasteiger partial charge in [-0.05, 0) is 42.7 Å². The van der Waals surface area contributed by atoms with E-state index in [4.69, 9.17) is 9.73 Å². The summed E-state index contributed by atoms with van der Waals surface area (Å²) in [5, 5.41) is 3.55. The number of aliphatic imine (C=N–C) groups is 1. The van der Waals surface area contributed by atoms with Gasteiger partial charge in [0.1, 0.15) is 0 Å². The Hall–Kier alpha value is -0.860. The van der Waals surface area contributed by atoms with Crippen LogP contribution in [0.3, 0.4) is 0 Å². The third-order valence-corrected chi connectivity index (χ3v) is 6.75. The highest BCUT2D eigenvalue weighted by molar-refractivity contribution is 14.0. The third-order valence-electron chi connectivity index (χ3n) is 6.75. The predicted octanol–water partition coefficient (Wildman–Crippen LogP) is 3.87. The van der Waals surface area contributed by atoms with Crippen LogP contribution in [0.4, 0.5) is 0 Å². The fourth-order valence-corrected chi connectivity index (χ4v) is 5.10. The summed E-state index contributed by atoms with van der Waals surface area (Å²) >= 11 is 0. The van der Waals surface area contributed by atoms with Crippen molar-refractivity contribution in [2.75, 3.05) is 45.9 Å². The standard InChI is InChI=1S/C23H36N4O.HI/c1-2-24-22(27-12-11-23(19-27)9-5-6-10-23)25-17-20-7-3-4-8-21(20)18-26-13-15-28-16-14-26;/h3-4,7-8H,2,5-6,9-19H2,1H3,(H,24,25);1H. The first kappa shape index (κ1) is 22.8. The number of guanidine groups is 1. The van der Waals surface area contributed by atoms with E-state index in [1.54, 1.807) is 0 Å². The van der Waals surface area contributed by atoms with Crippen molar-refractivity contribution in [2.45, 2.75) is 52.1 Å². The van der Waals surface area contributed by atoms with Gasteiger partial charge in [-0.3, -0.25) is 4.90 Å². The molecule has 2 saturated heterocycles. The fourth-order valence-electron chi connectivity index (χ4n) is 5.10. The average molecular weight is 512 g/mol. The lowest BCUT2D eigenvalue weighted by Crippen LogP contribution is -2.41. The number of nitrogens with zero attached hydrogens (tertiary/aromatic N) is 3. The second-order valence-corrected chi connectivity index (χ2v) is 8.71. The predicted molar refractivity (Wildman–Crippen MR) is 130 cm³/mol. The number of ether oxygens (including phenoxy) is 1. The van der Waals surface area contributed by atoms with Crippen LogP contribution in [0.1, 0.15) is 50.2 Å². The van der Waals surface area contributed by atoms with E-state index in [9.17, 15) is 0 Å². The van der Waals surface area contributed by atoms with E-state index < -0.39 is 0 Å². The first-order valence-corrected chi connectivity index (χ1v) is 11.2. The molecule has 1 N–H and O–H groups in total. The largest absolute Gasteiger partial charge is 0.379 e. The maximum atomic E-state index is 5.49.